The molecule has 0 unspecified atom stereocenters. The molecule has 3 aromatic rings. The van der Waals surface area contributed by atoms with Crippen LogP contribution in [0.1, 0.15) is 22.8 Å². The molecule has 1 aliphatic rings. The number of methoxy groups -OCH3 is 1. The smallest absolute Gasteiger partial charge is 0.341 e. The molecule has 0 spiro atoms. The Morgan fingerprint density at radius 2 is 1.82 bits per heavy atom. The zero-order valence-corrected chi connectivity index (χ0v) is 19.9. The molecule has 0 aliphatic carbocycles. The average Bonchev–Trinajstić information content (AvgIpc) is 2.84. The number of hydrogen-bond donors (Lipinski definition) is 1. The molecule has 1 aliphatic heterocycles. The van der Waals surface area contributed by atoms with Gasteiger partial charge in [0, 0.05) is 50.7 Å². The molecule has 0 bridgehead atoms. The first-order chi connectivity index (χ1) is 16.3. The minimum absolute atomic E-state index is 0.0716. The summed E-state index contributed by atoms with van der Waals surface area (Å²) >= 11 is 5.66. The Kier molecular flexibility index (Phi) is 6.83. The summed E-state index contributed by atoms with van der Waals surface area (Å²) in [7, 11) is 1.63. The molecule has 1 fully saturated rings. The molecular weight excluding hydrogens is 457 g/mol. The van der Waals surface area contributed by atoms with Gasteiger partial charge in [-0.15, -0.1) is 0 Å². The lowest BCUT2D eigenvalue weighted by molar-refractivity contribution is 0.0695. The number of aryl methyl sites for hydroxylation is 1. The molecule has 34 heavy (non-hydrogen) atoms. The van der Waals surface area contributed by atoms with E-state index in [0.29, 0.717) is 50.3 Å². The molecule has 2 aromatic carbocycles. The van der Waals surface area contributed by atoms with Gasteiger partial charge in [0.15, 0.2) is 0 Å². The highest BCUT2D eigenvalue weighted by atomic mass is 32.1. The van der Waals surface area contributed by atoms with E-state index in [1.807, 2.05) is 36.1 Å². The Hall–Kier alpha value is -3.46. The van der Waals surface area contributed by atoms with Crippen molar-refractivity contribution in [2.75, 3.05) is 38.2 Å². The van der Waals surface area contributed by atoms with E-state index in [4.69, 9.17) is 17.0 Å². The molecule has 9 heteroatoms. The second kappa shape index (κ2) is 9.80. The van der Waals surface area contributed by atoms with Crippen LogP contribution in [0.15, 0.2) is 47.4 Å². The number of benzene rings is 2. The Balaban J connectivity index is 1.52. The van der Waals surface area contributed by atoms with Crippen LogP contribution in [0.25, 0.3) is 10.9 Å². The van der Waals surface area contributed by atoms with Crippen molar-refractivity contribution >= 4 is 39.8 Å². The first-order valence-electron chi connectivity index (χ1n) is 11.1. The van der Waals surface area contributed by atoms with E-state index in [9.17, 15) is 14.7 Å². The van der Waals surface area contributed by atoms with E-state index in [1.54, 1.807) is 17.7 Å². The topological polar surface area (TPSA) is 75.0 Å². The van der Waals surface area contributed by atoms with Crippen molar-refractivity contribution < 1.29 is 19.0 Å². The van der Waals surface area contributed by atoms with Gasteiger partial charge in [0.05, 0.1) is 23.3 Å². The summed E-state index contributed by atoms with van der Waals surface area (Å²) in [5.41, 5.74) is 0.989. The van der Waals surface area contributed by atoms with Crippen LogP contribution in [0.2, 0.25) is 0 Å². The predicted octanol–water partition coefficient (Wildman–Crippen LogP) is 3.56. The van der Waals surface area contributed by atoms with Gasteiger partial charge in [-0.3, -0.25) is 4.79 Å². The third kappa shape index (κ3) is 4.61. The van der Waals surface area contributed by atoms with Crippen LogP contribution in [-0.4, -0.2) is 58.8 Å². The number of carboxylic acids is 1. The van der Waals surface area contributed by atoms with Crippen LogP contribution in [0.5, 0.6) is 5.75 Å². The summed E-state index contributed by atoms with van der Waals surface area (Å²) in [5, 5.41) is 9.39. The van der Waals surface area contributed by atoms with Gasteiger partial charge in [-0.1, -0.05) is 24.4 Å². The molecule has 2 heterocycles. The molecule has 0 atom stereocenters. The number of carbonyl (C=O) groups is 1. The van der Waals surface area contributed by atoms with Crippen molar-refractivity contribution in [1.82, 2.24) is 9.47 Å². The van der Waals surface area contributed by atoms with Crippen LogP contribution in [-0.2, 0) is 13.0 Å². The molecule has 178 valence electrons. The molecule has 7 nitrogen and oxygen atoms in total. The second-order valence-corrected chi connectivity index (χ2v) is 8.65. The number of anilines is 1. The number of thiocarbonyl (C=S) groups is 1. The molecule has 1 aromatic heterocycles. The Morgan fingerprint density at radius 3 is 2.41 bits per heavy atom. The van der Waals surface area contributed by atoms with Gasteiger partial charge in [-0.05, 0) is 36.8 Å². The van der Waals surface area contributed by atoms with Crippen LogP contribution in [0, 0.1) is 5.82 Å². The number of rotatable bonds is 6. The minimum atomic E-state index is -1.32. The van der Waals surface area contributed by atoms with Crippen molar-refractivity contribution in [2.24, 2.45) is 0 Å². The molecule has 1 saturated heterocycles. The van der Waals surface area contributed by atoms with Crippen molar-refractivity contribution in [1.29, 1.82) is 0 Å². The molecular formula is C25H26FN3O4S. The van der Waals surface area contributed by atoms with Crippen molar-refractivity contribution in [3.05, 3.63) is 69.8 Å². The number of carboxylic acid groups (broad SMARTS) is 1. The quantitative estimate of drug-likeness (QED) is 0.538. The summed E-state index contributed by atoms with van der Waals surface area (Å²) in [6, 6.07) is 10.6. The normalized spacial score (nSPS) is 13.9. The van der Waals surface area contributed by atoms with Gasteiger partial charge in [0.25, 0.3) is 0 Å². The van der Waals surface area contributed by atoms with Crippen molar-refractivity contribution in [3.8, 4) is 5.75 Å². The fourth-order valence-electron chi connectivity index (χ4n) is 4.28. The van der Waals surface area contributed by atoms with Crippen LogP contribution in [0.3, 0.4) is 0 Å². The lowest BCUT2D eigenvalue weighted by Gasteiger charge is -2.37. The lowest BCUT2D eigenvalue weighted by atomic mass is 10.1. The van der Waals surface area contributed by atoms with Crippen LogP contribution in [0.4, 0.5) is 10.1 Å². The largest absolute Gasteiger partial charge is 0.497 e. The third-order valence-electron chi connectivity index (χ3n) is 6.21. The average molecular weight is 484 g/mol. The number of fused-ring (bicyclic) bond motifs is 1. The minimum Gasteiger partial charge on any atom is -0.497 e. The van der Waals surface area contributed by atoms with Crippen LogP contribution >= 0.6 is 12.2 Å². The molecule has 0 amide bonds. The Bertz CT molecular complexity index is 1300. The SMILES string of the molecule is CCn1cc(C(=O)O)c(=O)c2cc(F)c(N3CCN(C(=S)Cc4ccc(OC)cc4)CC3)cc21. The van der Waals surface area contributed by atoms with Gasteiger partial charge in [0.2, 0.25) is 5.43 Å². The number of pyridine rings is 1. The molecule has 0 saturated carbocycles. The summed E-state index contributed by atoms with van der Waals surface area (Å²) in [6.07, 6.45) is 1.97. The van der Waals surface area contributed by atoms with E-state index >= 15 is 4.39 Å². The third-order valence-corrected chi connectivity index (χ3v) is 6.61. The molecule has 1 N–H and O–H groups in total. The standard InChI is InChI=1S/C25H26FN3O4S/c1-3-27-15-19(25(31)32)24(30)18-13-20(26)22(14-21(18)27)28-8-10-29(11-9-28)23(34)12-16-4-6-17(33-2)7-5-16/h4-7,13-15H,3,8-12H2,1-2H3,(H,31,32). The second-order valence-electron chi connectivity index (χ2n) is 8.18. The highest BCUT2D eigenvalue weighted by Crippen LogP contribution is 2.26. The van der Waals surface area contributed by atoms with E-state index in [-0.39, 0.29) is 10.9 Å². The number of piperazine rings is 1. The number of aromatic carboxylic acids is 1. The first-order valence-corrected chi connectivity index (χ1v) is 11.5. The maximum Gasteiger partial charge on any atom is 0.341 e. The molecule has 4 rings (SSSR count). The highest BCUT2D eigenvalue weighted by Gasteiger charge is 2.23. The number of nitrogens with zero attached hydrogens (tertiary/aromatic N) is 3. The fourth-order valence-corrected chi connectivity index (χ4v) is 4.63. The van der Waals surface area contributed by atoms with Gasteiger partial charge >= 0.3 is 5.97 Å². The van der Waals surface area contributed by atoms with Crippen molar-refractivity contribution in [3.63, 3.8) is 0 Å². The maximum atomic E-state index is 15.1. The zero-order chi connectivity index (χ0) is 24.4. The Labute approximate surface area is 202 Å². The zero-order valence-electron chi connectivity index (χ0n) is 19.1. The van der Waals surface area contributed by atoms with E-state index in [1.165, 1.54) is 6.20 Å². The van der Waals surface area contributed by atoms with Gasteiger partial charge in [-0.25, -0.2) is 9.18 Å². The predicted molar refractivity (Wildman–Crippen MR) is 134 cm³/mol. The summed E-state index contributed by atoms with van der Waals surface area (Å²) in [4.78, 5) is 28.9. The highest BCUT2D eigenvalue weighted by molar-refractivity contribution is 7.80. The fraction of sp³-hybridized carbons (Fsp3) is 0.320. The summed E-state index contributed by atoms with van der Waals surface area (Å²) in [6.45, 7) is 4.77. The number of ether oxygens (including phenoxy) is 1. The van der Waals surface area contributed by atoms with Crippen LogP contribution < -0.4 is 15.1 Å². The van der Waals surface area contributed by atoms with E-state index in [0.717, 1.165) is 22.4 Å². The summed E-state index contributed by atoms with van der Waals surface area (Å²) < 4.78 is 21.9. The number of halogens is 1. The van der Waals surface area contributed by atoms with Crippen molar-refractivity contribution in [2.45, 2.75) is 19.9 Å². The Morgan fingerprint density at radius 1 is 1.15 bits per heavy atom. The van der Waals surface area contributed by atoms with Gasteiger partial charge < -0.3 is 24.2 Å². The lowest BCUT2D eigenvalue weighted by Crippen LogP contribution is -2.49. The summed E-state index contributed by atoms with van der Waals surface area (Å²) in [5.74, 6) is -1.06. The number of aromatic nitrogens is 1. The van der Waals surface area contributed by atoms with Gasteiger partial charge in [0.1, 0.15) is 17.1 Å². The van der Waals surface area contributed by atoms with Gasteiger partial charge in [-0.2, -0.15) is 0 Å². The van der Waals surface area contributed by atoms with E-state index < -0.39 is 17.2 Å². The number of hydrogen-bond acceptors (Lipinski definition) is 5. The molecule has 0 radical (unpaired) electrons. The van der Waals surface area contributed by atoms with E-state index in [2.05, 4.69) is 4.90 Å². The first kappa shape index (κ1) is 23.7. The monoisotopic (exact) mass is 483 g/mol. The maximum absolute atomic E-state index is 15.1.